The molecular weight excluding hydrogens is 240 g/mol. The number of aldehydes is 1. The molecule has 0 amide bonds. The molecule has 0 aromatic carbocycles. The zero-order chi connectivity index (χ0) is 13.7. The third-order valence-corrected chi connectivity index (χ3v) is 3.30. The van der Waals surface area contributed by atoms with E-state index in [0.29, 0.717) is 18.3 Å². The van der Waals surface area contributed by atoms with Crippen LogP contribution in [0.15, 0.2) is 40.5 Å². The summed E-state index contributed by atoms with van der Waals surface area (Å²) in [6, 6.07) is 3.67. The minimum atomic E-state index is -0.346. The maximum Gasteiger partial charge on any atom is 0.193 e. The van der Waals surface area contributed by atoms with Crippen molar-refractivity contribution in [3.05, 3.63) is 41.9 Å². The molecule has 0 N–H and O–H groups in total. The van der Waals surface area contributed by atoms with Gasteiger partial charge in [-0.25, -0.2) is 0 Å². The number of furan rings is 1. The first kappa shape index (κ1) is 13.1. The van der Waals surface area contributed by atoms with Gasteiger partial charge in [-0.1, -0.05) is 18.9 Å². The second-order valence-corrected chi connectivity index (χ2v) is 4.65. The van der Waals surface area contributed by atoms with Gasteiger partial charge in [-0.15, -0.1) is 0 Å². The highest BCUT2D eigenvalue weighted by Crippen LogP contribution is 2.41. The van der Waals surface area contributed by atoms with E-state index >= 15 is 0 Å². The monoisotopic (exact) mass is 254 g/mol. The smallest absolute Gasteiger partial charge is 0.193 e. The first-order valence-electron chi connectivity index (χ1n) is 6.07. The Labute approximate surface area is 112 Å². The van der Waals surface area contributed by atoms with E-state index in [1.165, 1.54) is 0 Å². The number of hydrogen-bond donors (Lipinski definition) is 0. The van der Waals surface area contributed by atoms with Crippen molar-refractivity contribution in [3.63, 3.8) is 0 Å². The summed E-state index contributed by atoms with van der Waals surface area (Å²) < 4.78 is 5.23. The molecule has 1 heterocycles. The molecule has 0 unspecified atom stereocenters. The standard InChI is InChI=1S/C16H14O3/c1-16(9-7-13-5-4-12-19-13)10-8-15(18)14(16)6-2-3-11-17/h4-7,9,11-12H,8,10H2,1H3/b9-7+,14-6+/t16-/m1/s1. The van der Waals surface area contributed by atoms with E-state index in [4.69, 9.17) is 4.42 Å². The molecule has 0 spiro atoms. The fourth-order valence-electron chi connectivity index (χ4n) is 2.18. The molecule has 1 aromatic heterocycles. The van der Waals surface area contributed by atoms with Gasteiger partial charge in [-0.3, -0.25) is 9.59 Å². The topological polar surface area (TPSA) is 47.3 Å². The van der Waals surface area contributed by atoms with Crippen LogP contribution < -0.4 is 0 Å². The lowest BCUT2D eigenvalue weighted by Gasteiger charge is -2.19. The van der Waals surface area contributed by atoms with Crippen molar-refractivity contribution < 1.29 is 14.0 Å². The zero-order valence-corrected chi connectivity index (χ0v) is 10.7. The van der Waals surface area contributed by atoms with Crippen molar-refractivity contribution in [2.45, 2.75) is 19.8 Å². The molecule has 0 aliphatic heterocycles. The van der Waals surface area contributed by atoms with E-state index in [2.05, 4.69) is 11.8 Å². The van der Waals surface area contributed by atoms with Crippen LogP contribution in [0, 0.1) is 17.3 Å². The second-order valence-electron chi connectivity index (χ2n) is 4.65. The van der Waals surface area contributed by atoms with Crippen molar-refractivity contribution in [1.82, 2.24) is 0 Å². The third-order valence-electron chi connectivity index (χ3n) is 3.30. The lowest BCUT2D eigenvalue weighted by Crippen LogP contribution is -2.12. The number of rotatable bonds is 2. The van der Waals surface area contributed by atoms with E-state index in [0.717, 1.165) is 12.2 Å². The maximum absolute atomic E-state index is 11.9. The molecule has 2 rings (SSSR count). The Kier molecular flexibility index (Phi) is 3.82. The lowest BCUT2D eigenvalue weighted by atomic mass is 9.83. The number of Topliss-reactive ketones (excluding diaryl/α,β-unsaturated/α-hetero) is 1. The van der Waals surface area contributed by atoms with Gasteiger partial charge in [0.15, 0.2) is 12.1 Å². The fourth-order valence-corrected chi connectivity index (χ4v) is 2.18. The van der Waals surface area contributed by atoms with Gasteiger partial charge in [0.2, 0.25) is 0 Å². The summed E-state index contributed by atoms with van der Waals surface area (Å²) in [5, 5.41) is 0. The summed E-state index contributed by atoms with van der Waals surface area (Å²) in [4.78, 5) is 22.1. The van der Waals surface area contributed by atoms with Gasteiger partial charge in [-0.05, 0) is 36.6 Å². The average molecular weight is 254 g/mol. The van der Waals surface area contributed by atoms with Gasteiger partial charge in [0.1, 0.15) is 5.76 Å². The van der Waals surface area contributed by atoms with E-state index in [1.807, 2.05) is 31.2 Å². The predicted molar refractivity (Wildman–Crippen MR) is 72.0 cm³/mol. The van der Waals surface area contributed by atoms with Crippen molar-refractivity contribution in [2.24, 2.45) is 5.41 Å². The molecule has 1 aromatic rings. The van der Waals surface area contributed by atoms with Gasteiger partial charge < -0.3 is 4.42 Å². The highest BCUT2D eigenvalue weighted by molar-refractivity contribution is 6.00. The first-order chi connectivity index (χ1) is 9.15. The molecule has 19 heavy (non-hydrogen) atoms. The Hall–Kier alpha value is -2.34. The quantitative estimate of drug-likeness (QED) is 0.463. The van der Waals surface area contributed by atoms with Crippen LogP contribution in [0.1, 0.15) is 25.5 Å². The molecule has 1 aliphatic carbocycles. The van der Waals surface area contributed by atoms with Crippen LogP contribution in [0.4, 0.5) is 0 Å². The minimum Gasteiger partial charge on any atom is -0.465 e. The predicted octanol–water partition coefficient (Wildman–Crippen LogP) is 2.79. The Balaban J connectivity index is 2.27. The molecule has 0 radical (unpaired) electrons. The number of ketones is 1. The Morgan fingerprint density at radius 3 is 2.95 bits per heavy atom. The number of carbonyl (C=O) groups is 2. The van der Waals surface area contributed by atoms with Crippen LogP contribution in [-0.2, 0) is 9.59 Å². The van der Waals surface area contributed by atoms with E-state index in [-0.39, 0.29) is 11.2 Å². The van der Waals surface area contributed by atoms with E-state index in [9.17, 15) is 9.59 Å². The molecule has 3 nitrogen and oxygen atoms in total. The number of hydrogen-bond acceptors (Lipinski definition) is 3. The van der Waals surface area contributed by atoms with Crippen molar-refractivity contribution in [1.29, 1.82) is 0 Å². The highest BCUT2D eigenvalue weighted by atomic mass is 16.3. The SMILES string of the molecule is C[C@@]1(/C=C/c2ccco2)CCC(=O)/C1=C\C#CC=O. The Morgan fingerprint density at radius 2 is 2.26 bits per heavy atom. The van der Waals surface area contributed by atoms with E-state index in [1.54, 1.807) is 12.3 Å². The normalized spacial score (nSPS) is 24.7. The molecule has 96 valence electrons. The highest BCUT2D eigenvalue weighted by Gasteiger charge is 2.37. The molecular formula is C16H14O3. The van der Waals surface area contributed by atoms with Crippen LogP contribution >= 0.6 is 0 Å². The van der Waals surface area contributed by atoms with Crippen LogP contribution in [-0.4, -0.2) is 12.1 Å². The minimum absolute atomic E-state index is 0.0896. The molecule has 3 heteroatoms. The van der Waals surface area contributed by atoms with Crippen molar-refractivity contribution in [2.75, 3.05) is 0 Å². The van der Waals surface area contributed by atoms with Gasteiger partial charge >= 0.3 is 0 Å². The second kappa shape index (κ2) is 5.53. The molecule has 1 aliphatic rings. The van der Waals surface area contributed by atoms with Crippen LogP contribution in [0.2, 0.25) is 0 Å². The summed E-state index contributed by atoms with van der Waals surface area (Å²) >= 11 is 0. The van der Waals surface area contributed by atoms with Gasteiger partial charge in [0.05, 0.1) is 6.26 Å². The largest absolute Gasteiger partial charge is 0.465 e. The fraction of sp³-hybridized carbons (Fsp3) is 0.250. The lowest BCUT2D eigenvalue weighted by molar-refractivity contribution is -0.114. The van der Waals surface area contributed by atoms with Crippen LogP contribution in [0.5, 0.6) is 0 Å². The van der Waals surface area contributed by atoms with Gasteiger partial charge in [0.25, 0.3) is 0 Å². The molecule has 0 saturated heterocycles. The van der Waals surface area contributed by atoms with Crippen molar-refractivity contribution >= 4 is 18.1 Å². The molecule has 1 fully saturated rings. The summed E-state index contributed by atoms with van der Waals surface area (Å²) in [6.45, 7) is 1.99. The summed E-state index contributed by atoms with van der Waals surface area (Å²) in [7, 11) is 0. The Morgan fingerprint density at radius 1 is 1.42 bits per heavy atom. The number of carbonyl (C=O) groups excluding carboxylic acids is 2. The van der Waals surface area contributed by atoms with Gasteiger partial charge in [-0.2, -0.15) is 0 Å². The average Bonchev–Trinajstić information content (AvgIpc) is 3.00. The van der Waals surface area contributed by atoms with Crippen LogP contribution in [0.25, 0.3) is 6.08 Å². The zero-order valence-electron chi connectivity index (χ0n) is 10.7. The number of allylic oxidation sites excluding steroid dienone is 3. The van der Waals surface area contributed by atoms with Crippen LogP contribution in [0.3, 0.4) is 0 Å². The summed E-state index contributed by atoms with van der Waals surface area (Å²) in [6.07, 6.45) is 8.76. The maximum atomic E-state index is 11.9. The Bertz CT molecular complexity index is 594. The van der Waals surface area contributed by atoms with Crippen molar-refractivity contribution in [3.8, 4) is 11.8 Å². The third kappa shape index (κ3) is 2.92. The first-order valence-corrected chi connectivity index (χ1v) is 6.07. The molecule has 1 saturated carbocycles. The summed E-state index contributed by atoms with van der Waals surface area (Å²) in [5.74, 6) is 5.74. The van der Waals surface area contributed by atoms with E-state index < -0.39 is 0 Å². The van der Waals surface area contributed by atoms with Gasteiger partial charge in [0, 0.05) is 17.4 Å². The summed E-state index contributed by atoms with van der Waals surface area (Å²) in [5.41, 5.74) is 0.311. The molecule has 1 atom stereocenters. The molecule has 0 bridgehead atoms.